The van der Waals surface area contributed by atoms with Gasteiger partial charge in [-0.2, -0.15) is 0 Å². The van der Waals surface area contributed by atoms with Crippen molar-refractivity contribution >= 4 is 23.5 Å². The lowest BCUT2D eigenvalue weighted by Crippen LogP contribution is -2.43. The second-order valence-corrected chi connectivity index (χ2v) is 8.17. The summed E-state index contributed by atoms with van der Waals surface area (Å²) in [7, 11) is 2.91. The van der Waals surface area contributed by atoms with Crippen molar-refractivity contribution in [1.82, 2.24) is 4.90 Å². The van der Waals surface area contributed by atoms with E-state index in [4.69, 9.17) is 14.2 Å². The van der Waals surface area contributed by atoms with E-state index in [0.717, 1.165) is 19.3 Å². The molecule has 2 atom stereocenters. The van der Waals surface area contributed by atoms with Crippen molar-refractivity contribution < 1.29 is 28.6 Å². The minimum atomic E-state index is -0.991. The summed E-state index contributed by atoms with van der Waals surface area (Å²) in [6.45, 7) is 2.15. The van der Waals surface area contributed by atoms with Crippen LogP contribution in [0.25, 0.3) is 0 Å². The van der Waals surface area contributed by atoms with E-state index in [1.165, 1.54) is 24.7 Å². The van der Waals surface area contributed by atoms with Crippen LogP contribution in [0.2, 0.25) is 0 Å². The van der Waals surface area contributed by atoms with Gasteiger partial charge in [-0.1, -0.05) is 25.5 Å². The van der Waals surface area contributed by atoms with Crippen LogP contribution in [-0.2, 0) is 20.7 Å². The molecule has 0 unspecified atom stereocenters. The number of aryl methyl sites for hydroxylation is 1. The van der Waals surface area contributed by atoms with E-state index in [9.17, 15) is 14.4 Å². The Balaban J connectivity index is 1.56. The number of likely N-dealkylation sites (tertiary alicyclic amines) is 1. The molecule has 2 amide bonds. The molecule has 174 valence electrons. The van der Waals surface area contributed by atoms with E-state index in [-0.39, 0.29) is 29.5 Å². The minimum Gasteiger partial charge on any atom is -0.493 e. The summed E-state index contributed by atoms with van der Waals surface area (Å²) in [5.41, 5.74) is 2.57. The quantitative estimate of drug-likeness (QED) is 0.612. The number of ether oxygens (including phenoxy) is 3. The number of methoxy groups -OCH3 is 2. The number of nitrogens with zero attached hydrogens (tertiary/aromatic N) is 1. The summed E-state index contributed by atoms with van der Waals surface area (Å²) in [5, 5.41) is 2.90. The molecule has 0 aromatic heterocycles. The van der Waals surface area contributed by atoms with E-state index in [2.05, 4.69) is 12.2 Å². The number of hydrogen-bond donors (Lipinski definition) is 1. The van der Waals surface area contributed by atoms with E-state index in [1.54, 1.807) is 12.1 Å². The summed E-state index contributed by atoms with van der Waals surface area (Å²) in [4.78, 5) is 39.9. The number of anilines is 1. The number of amides is 2. The number of rotatable bonds is 8. The average molecular weight is 453 g/mol. The van der Waals surface area contributed by atoms with Gasteiger partial charge in [-0.25, -0.2) is 4.79 Å². The molecule has 2 aliphatic rings. The van der Waals surface area contributed by atoms with Crippen molar-refractivity contribution in [3.05, 3.63) is 53.1 Å². The van der Waals surface area contributed by atoms with E-state index >= 15 is 0 Å². The summed E-state index contributed by atoms with van der Waals surface area (Å²) in [6, 6.07) is 10.3. The molecule has 1 N–H and O–H groups in total. The van der Waals surface area contributed by atoms with Crippen molar-refractivity contribution in [3.8, 4) is 11.5 Å². The van der Waals surface area contributed by atoms with Crippen LogP contribution in [0.15, 0.2) is 36.4 Å². The summed E-state index contributed by atoms with van der Waals surface area (Å²) in [5.74, 6) is -0.540. The van der Waals surface area contributed by atoms with Gasteiger partial charge in [0.25, 0.3) is 0 Å². The zero-order valence-corrected chi connectivity index (χ0v) is 19.1. The van der Waals surface area contributed by atoms with Gasteiger partial charge in [-0.3, -0.25) is 14.5 Å². The molecule has 0 saturated carbocycles. The molecule has 2 heterocycles. The molecule has 2 aliphatic heterocycles. The Morgan fingerprint density at radius 2 is 1.88 bits per heavy atom. The number of fused-ring (bicyclic) bond motifs is 1. The monoisotopic (exact) mass is 452 g/mol. The fourth-order valence-corrected chi connectivity index (χ4v) is 4.40. The van der Waals surface area contributed by atoms with Crippen LogP contribution >= 0.6 is 0 Å². The van der Waals surface area contributed by atoms with Gasteiger partial charge in [0.1, 0.15) is 11.6 Å². The summed E-state index contributed by atoms with van der Waals surface area (Å²) < 4.78 is 16.2. The first-order valence-corrected chi connectivity index (χ1v) is 11.1. The number of carbonyl (C=O) groups is 3. The Kier molecular flexibility index (Phi) is 6.53. The molecule has 2 aromatic rings. The van der Waals surface area contributed by atoms with Crippen molar-refractivity contribution in [3.63, 3.8) is 0 Å². The predicted molar refractivity (Wildman–Crippen MR) is 121 cm³/mol. The number of nitrogens with one attached hydrogen (secondary N) is 1. The van der Waals surface area contributed by atoms with Crippen LogP contribution < -0.4 is 14.8 Å². The SMILES string of the molecule is CCCCc1ccc(NC(=O)[C@@H]2CCC(=O)N2[C@@H]2OC(=O)c3c2ccc(OC)c3OC)cc1. The molecule has 8 heteroatoms. The maximum atomic E-state index is 13.1. The van der Waals surface area contributed by atoms with E-state index in [0.29, 0.717) is 23.4 Å². The predicted octanol–water partition coefficient (Wildman–Crippen LogP) is 3.85. The topological polar surface area (TPSA) is 94.2 Å². The zero-order chi connectivity index (χ0) is 23.5. The second-order valence-electron chi connectivity index (χ2n) is 8.17. The highest BCUT2D eigenvalue weighted by Gasteiger charge is 2.47. The van der Waals surface area contributed by atoms with Gasteiger partial charge in [-0.15, -0.1) is 0 Å². The lowest BCUT2D eigenvalue weighted by molar-refractivity contribution is -0.144. The standard InChI is InChI=1S/C25H28N2O6/c1-4-5-6-15-7-9-16(10-8-15)26-23(29)18-12-14-20(28)27(18)24-17-11-13-19(31-2)22(32-3)21(17)25(30)33-24/h7-11,13,18,24H,4-6,12,14H2,1-3H3,(H,26,29)/t18-,24+/m0/s1. The number of carbonyl (C=O) groups excluding carboxylic acids is 3. The van der Waals surface area contributed by atoms with Crippen LogP contribution in [0.5, 0.6) is 11.5 Å². The van der Waals surface area contributed by atoms with Gasteiger partial charge in [0.05, 0.1) is 14.2 Å². The third-order valence-corrected chi connectivity index (χ3v) is 6.12. The maximum Gasteiger partial charge on any atom is 0.344 e. The molecular weight excluding hydrogens is 424 g/mol. The number of hydrogen-bond acceptors (Lipinski definition) is 6. The Labute approximate surface area is 192 Å². The Bertz CT molecular complexity index is 1070. The van der Waals surface area contributed by atoms with E-state index < -0.39 is 18.2 Å². The van der Waals surface area contributed by atoms with Crippen molar-refractivity contribution in [2.45, 2.75) is 51.3 Å². The first-order chi connectivity index (χ1) is 16.0. The fraction of sp³-hybridized carbons (Fsp3) is 0.400. The van der Waals surface area contributed by atoms with Gasteiger partial charge in [0, 0.05) is 17.7 Å². The molecule has 0 radical (unpaired) electrons. The van der Waals surface area contributed by atoms with Gasteiger partial charge < -0.3 is 19.5 Å². The smallest absolute Gasteiger partial charge is 0.344 e. The van der Waals surface area contributed by atoms with E-state index in [1.807, 2.05) is 24.3 Å². The maximum absolute atomic E-state index is 13.1. The highest BCUT2D eigenvalue weighted by molar-refractivity contribution is 6.01. The number of esters is 1. The first-order valence-electron chi connectivity index (χ1n) is 11.1. The summed E-state index contributed by atoms with van der Waals surface area (Å²) in [6.07, 6.45) is 2.78. The van der Waals surface area contributed by atoms with Crippen LogP contribution in [0.3, 0.4) is 0 Å². The Morgan fingerprint density at radius 1 is 1.12 bits per heavy atom. The van der Waals surface area contributed by atoms with Crippen LogP contribution in [0.1, 0.15) is 60.3 Å². The van der Waals surface area contributed by atoms with Crippen LogP contribution in [0.4, 0.5) is 5.69 Å². The second kappa shape index (κ2) is 9.52. The molecule has 33 heavy (non-hydrogen) atoms. The van der Waals surface area contributed by atoms with Gasteiger partial charge in [0.15, 0.2) is 11.5 Å². The largest absolute Gasteiger partial charge is 0.493 e. The molecule has 1 saturated heterocycles. The van der Waals surface area contributed by atoms with Crippen molar-refractivity contribution in [2.75, 3.05) is 19.5 Å². The van der Waals surface area contributed by atoms with Gasteiger partial charge in [-0.05, 0) is 49.1 Å². The molecule has 0 bridgehead atoms. The Hall–Kier alpha value is -3.55. The molecule has 0 aliphatic carbocycles. The molecule has 0 spiro atoms. The molecule has 1 fully saturated rings. The highest BCUT2D eigenvalue weighted by atomic mass is 16.6. The van der Waals surface area contributed by atoms with Gasteiger partial charge >= 0.3 is 5.97 Å². The molecule has 4 rings (SSSR count). The average Bonchev–Trinajstić information content (AvgIpc) is 3.37. The van der Waals surface area contributed by atoms with Crippen LogP contribution in [-0.4, -0.2) is 42.9 Å². The minimum absolute atomic E-state index is 0.199. The summed E-state index contributed by atoms with van der Waals surface area (Å²) >= 11 is 0. The number of cyclic esters (lactones) is 1. The molecule has 2 aromatic carbocycles. The fourth-order valence-electron chi connectivity index (χ4n) is 4.40. The Morgan fingerprint density at radius 3 is 2.55 bits per heavy atom. The zero-order valence-electron chi connectivity index (χ0n) is 19.1. The van der Waals surface area contributed by atoms with Crippen molar-refractivity contribution in [1.29, 1.82) is 0 Å². The van der Waals surface area contributed by atoms with Gasteiger partial charge in [0.2, 0.25) is 18.0 Å². The van der Waals surface area contributed by atoms with Crippen LogP contribution in [0, 0.1) is 0 Å². The normalized spacial score (nSPS) is 19.3. The third kappa shape index (κ3) is 4.25. The molecule has 8 nitrogen and oxygen atoms in total. The lowest BCUT2D eigenvalue weighted by atomic mass is 10.0. The lowest BCUT2D eigenvalue weighted by Gasteiger charge is -2.29. The van der Waals surface area contributed by atoms with Crippen molar-refractivity contribution in [2.24, 2.45) is 0 Å². The number of benzene rings is 2. The highest BCUT2D eigenvalue weighted by Crippen LogP contribution is 2.45. The first kappa shape index (κ1) is 22.6. The third-order valence-electron chi connectivity index (χ3n) is 6.12. The molecular formula is C25H28N2O6. The number of unbranched alkanes of at least 4 members (excludes halogenated alkanes) is 1.